The molecule has 0 saturated carbocycles. The number of hydrogen-bond donors (Lipinski definition) is 3. The van der Waals surface area contributed by atoms with Crippen LogP contribution in [0, 0.1) is 0 Å². The molecule has 0 aromatic carbocycles. The van der Waals surface area contributed by atoms with E-state index < -0.39 is 5.97 Å². The Bertz CT molecular complexity index is 347. The van der Waals surface area contributed by atoms with Crippen molar-refractivity contribution in [1.29, 1.82) is 0 Å². The van der Waals surface area contributed by atoms with E-state index >= 15 is 0 Å². The molecule has 0 heterocycles. The SMILES string of the molecule is CC(=O)O.CCCCCCCCCCCCCCCCCCN(CC(C)O)CC(C)O. The topological polar surface area (TPSA) is 81.0 Å². The van der Waals surface area contributed by atoms with E-state index in [-0.39, 0.29) is 12.2 Å². The lowest BCUT2D eigenvalue weighted by Gasteiger charge is -2.24. The van der Waals surface area contributed by atoms with Crippen molar-refractivity contribution in [2.45, 2.75) is 143 Å². The van der Waals surface area contributed by atoms with Crippen molar-refractivity contribution in [3.05, 3.63) is 0 Å². The van der Waals surface area contributed by atoms with E-state index in [0.29, 0.717) is 13.1 Å². The average Bonchev–Trinajstić information content (AvgIpc) is 2.66. The van der Waals surface area contributed by atoms with Gasteiger partial charge in [-0.3, -0.25) is 9.69 Å². The van der Waals surface area contributed by atoms with Crippen molar-refractivity contribution in [2.75, 3.05) is 19.6 Å². The van der Waals surface area contributed by atoms with E-state index in [2.05, 4.69) is 11.8 Å². The highest BCUT2D eigenvalue weighted by molar-refractivity contribution is 5.62. The van der Waals surface area contributed by atoms with Crippen molar-refractivity contribution in [2.24, 2.45) is 0 Å². The Morgan fingerprint density at radius 2 is 0.903 bits per heavy atom. The predicted octanol–water partition coefficient (Wildman–Crippen LogP) is 6.40. The summed E-state index contributed by atoms with van der Waals surface area (Å²) in [6.45, 7) is 9.35. The number of aliphatic carboxylic acids is 1. The largest absolute Gasteiger partial charge is 0.481 e. The molecule has 0 aliphatic carbocycles. The Labute approximate surface area is 193 Å². The number of carbonyl (C=O) groups is 1. The Hall–Kier alpha value is -0.650. The van der Waals surface area contributed by atoms with Gasteiger partial charge >= 0.3 is 0 Å². The molecule has 5 heteroatoms. The van der Waals surface area contributed by atoms with E-state index in [9.17, 15) is 10.2 Å². The van der Waals surface area contributed by atoms with E-state index in [1.807, 2.05) is 13.8 Å². The zero-order chi connectivity index (χ0) is 23.7. The monoisotopic (exact) mass is 445 g/mol. The fourth-order valence-corrected chi connectivity index (χ4v) is 3.89. The number of aliphatic hydroxyl groups excluding tert-OH is 2. The number of aliphatic hydroxyl groups is 2. The molecule has 0 fully saturated rings. The molecule has 0 aromatic rings. The molecule has 188 valence electrons. The van der Waals surface area contributed by atoms with Crippen molar-refractivity contribution in [3.63, 3.8) is 0 Å². The molecule has 0 bridgehead atoms. The van der Waals surface area contributed by atoms with Gasteiger partial charge < -0.3 is 15.3 Å². The normalized spacial score (nSPS) is 13.0. The Kier molecular flexibility index (Phi) is 26.9. The molecule has 3 N–H and O–H groups in total. The summed E-state index contributed by atoms with van der Waals surface area (Å²) in [5.41, 5.74) is 0. The minimum atomic E-state index is -0.833. The summed E-state index contributed by atoms with van der Waals surface area (Å²) in [4.78, 5) is 11.2. The highest BCUT2D eigenvalue weighted by Gasteiger charge is 2.10. The van der Waals surface area contributed by atoms with Gasteiger partial charge in [-0.25, -0.2) is 0 Å². The van der Waals surface area contributed by atoms with Crippen LogP contribution in [-0.2, 0) is 4.79 Å². The quantitative estimate of drug-likeness (QED) is 0.178. The van der Waals surface area contributed by atoms with Crippen LogP contribution in [0.2, 0.25) is 0 Å². The van der Waals surface area contributed by atoms with Crippen LogP contribution in [0.3, 0.4) is 0 Å². The van der Waals surface area contributed by atoms with E-state index in [1.165, 1.54) is 103 Å². The second-order valence-corrected chi connectivity index (χ2v) is 9.28. The summed E-state index contributed by atoms with van der Waals surface area (Å²) in [6, 6.07) is 0. The molecular weight excluding hydrogens is 390 g/mol. The van der Waals surface area contributed by atoms with E-state index in [4.69, 9.17) is 9.90 Å². The van der Waals surface area contributed by atoms with E-state index in [1.54, 1.807) is 0 Å². The maximum Gasteiger partial charge on any atom is 0.300 e. The second-order valence-electron chi connectivity index (χ2n) is 9.28. The van der Waals surface area contributed by atoms with Gasteiger partial charge in [-0.2, -0.15) is 0 Å². The standard InChI is InChI=1S/C24H51NO2.C2H4O2/c1-4-5-6-7-8-9-10-11-12-13-14-15-16-17-18-19-20-25(21-23(2)26)22-24(3)27;1-2(3)4/h23-24,26-27H,4-22H2,1-3H3;1H3,(H,3,4). The van der Waals surface area contributed by atoms with Gasteiger partial charge in [-0.1, -0.05) is 103 Å². The fourth-order valence-electron chi connectivity index (χ4n) is 3.89. The van der Waals surface area contributed by atoms with Crippen molar-refractivity contribution < 1.29 is 20.1 Å². The molecule has 0 aromatic heterocycles. The Morgan fingerprint density at radius 1 is 0.645 bits per heavy atom. The summed E-state index contributed by atoms with van der Waals surface area (Å²) in [7, 11) is 0. The molecule has 0 rings (SSSR count). The van der Waals surface area contributed by atoms with Gasteiger partial charge in [-0.15, -0.1) is 0 Å². The molecule has 0 radical (unpaired) electrons. The molecule has 0 amide bonds. The Balaban J connectivity index is 0. The van der Waals surface area contributed by atoms with Crippen molar-refractivity contribution in [1.82, 2.24) is 4.90 Å². The van der Waals surface area contributed by atoms with Crippen molar-refractivity contribution in [3.8, 4) is 0 Å². The molecule has 0 spiro atoms. The zero-order valence-corrected chi connectivity index (χ0v) is 21.3. The molecule has 31 heavy (non-hydrogen) atoms. The summed E-state index contributed by atoms with van der Waals surface area (Å²) in [5, 5.41) is 26.5. The van der Waals surface area contributed by atoms with Crippen LogP contribution in [0.5, 0.6) is 0 Å². The van der Waals surface area contributed by atoms with Crippen LogP contribution in [0.4, 0.5) is 0 Å². The lowest BCUT2D eigenvalue weighted by Crippen LogP contribution is -2.36. The number of carboxylic acids is 1. The second kappa shape index (κ2) is 25.6. The summed E-state index contributed by atoms with van der Waals surface area (Å²) in [5.74, 6) is -0.833. The lowest BCUT2D eigenvalue weighted by molar-refractivity contribution is -0.134. The fraction of sp³-hybridized carbons (Fsp3) is 0.962. The predicted molar refractivity (Wildman–Crippen MR) is 133 cm³/mol. The van der Waals surface area contributed by atoms with Gasteiger partial charge in [0.25, 0.3) is 5.97 Å². The first-order chi connectivity index (χ1) is 14.8. The van der Waals surface area contributed by atoms with Crippen LogP contribution in [0.1, 0.15) is 130 Å². The van der Waals surface area contributed by atoms with Crippen molar-refractivity contribution >= 4 is 5.97 Å². The number of nitrogens with zero attached hydrogens (tertiary/aromatic N) is 1. The first-order valence-corrected chi connectivity index (χ1v) is 13.1. The lowest BCUT2D eigenvalue weighted by atomic mass is 10.0. The average molecular weight is 446 g/mol. The number of hydrogen-bond acceptors (Lipinski definition) is 4. The van der Waals surface area contributed by atoms with Crippen LogP contribution in [0.15, 0.2) is 0 Å². The first-order valence-electron chi connectivity index (χ1n) is 13.1. The van der Waals surface area contributed by atoms with Gasteiger partial charge in [-0.05, 0) is 26.8 Å². The third kappa shape index (κ3) is 34.2. The Morgan fingerprint density at radius 3 is 1.16 bits per heavy atom. The minimum absolute atomic E-state index is 0.315. The smallest absolute Gasteiger partial charge is 0.300 e. The van der Waals surface area contributed by atoms with Gasteiger partial charge in [0.1, 0.15) is 0 Å². The maximum absolute atomic E-state index is 9.55. The summed E-state index contributed by atoms with van der Waals surface area (Å²) < 4.78 is 0. The number of unbranched alkanes of at least 4 members (excludes halogenated alkanes) is 15. The molecule has 0 aliphatic heterocycles. The van der Waals surface area contributed by atoms with Gasteiger partial charge in [0.05, 0.1) is 12.2 Å². The highest BCUT2D eigenvalue weighted by Crippen LogP contribution is 2.14. The number of carboxylic acid groups (broad SMARTS) is 1. The van der Waals surface area contributed by atoms with Gasteiger partial charge in [0.15, 0.2) is 0 Å². The first kappa shape index (κ1) is 32.5. The number of rotatable bonds is 21. The highest BCUT2D eigenvalue weighted by atomic mass is 16.4. The summed E-state index contributed by atoms with van der Waals surface area (Å²) >= 11 is 0. The molecular formula is C26H55NO4. The zero-order valence-electron chi connectivity index (χ0n) is 21.3. The molecule has 0 aliphatic rings. The van der Waals surface area contributed by atoms with Gasteiger partial charge in [0.2, 0.25) is 0 Å². The third-order valence-corrected chi connectivity index (χ3v) is 5.37. The summed E-state index contributed by atoms with van der Waals surface area (Å²) in [6.07, 6.45) is 21.6. The molecule has 0 saturated heterocycles. The van der Waals surface area contributed by atoms with E-state index in [0.717, 1.165) is 13.5 Å². The molecule has 5 nitrogen and oxygen atoms in total. The van der Waals surface area contributed by atoms with Gasteiger partial charge in [0, 0.05) is 20.0 Å². The minimum Gasteiger partial charge on any atom is -0.481 e. The van der Waals surface area contributed by atoms with Crippen LogP contribution >= 0.6 is 0 Å². The van der Waals surface area contributed by atoms with Crippen LogP contribution in [0.25, 0.3) is 0 Å². The molecule has 2 atom stereocenters. The molecule has 2 unspecified atom stereocenters. The van der Waals surface area contributed by atoms with Crippen LogP contribution in [-0.4, -0.2) is 58.0 Å². The third-order valence-electron chi connectivity index (χ3n) is 5.37. The van der Waals surface area contributed by atoms with Crippen LogP contribution < -0.4 is 0 Å². The maximum atomic E-state index is 9.55.